The lowest BCUT2D eigenvalue weighted by Crippen LogP contribution is -2.05. The first-order valence-electron chi connectivity index (χ1n) is 3.88. The Hall–Kier alpha value is -0.250. The summed E-state index contributed by atoms with van der Waals surface area (Å²) in [5, 5.41) is 0.750. The smallest absolute Gasteiger partial charge is 0.339 e. The summed E-state index contributed by atoms with van der Waals surface area (Å²) in [6, 6.07) is 3.04. The summed E-state index contributed by atoms with van der Waals surface area (Å²) in [5.74, 6) is -0.449. The van der Waals surface area contributed by atoms with Crippen LogP contribution in [0.5, 0.6) is 0 Å². The van der Waals surface area contributed by atoms with Crippen LogP contribution in [-0.2, 0) is 4.74 Å². The fraction of sp³-hybridized carbons (Fsp3) is 0.222. The molecule has 2 nitrogen and oxygen atoms in total. The highest BCUT2D eigenvalue weighted by atomic mass is 79.9. The van der Waals surface area contributed by atoms with E-state index in [-0.39, 0.29) is 5.02 Å². The SMILES string of the molecule is CCOC(=O)c1cc(Br)c(Cl)cc1Cl. The number of rotatable bonds is 2. The second kappa shape index (κ2) is 5.01. The molecule has 5 heteroatoms. The Bertz CT molecular complexity index is 366. The van der Waals surface area contributed by atoms with E-state index in [0.29, 0.717) is 21.7 Å². The summed E-state index contributed by atoms with van der Waals surface area (Å²) < 4.78 is 5.43. The molecule has 0 saturated carbocycles. The molecular weight excluding hydrogens is 291 g/mol. The fourth-order valence-electron chi connectivity index (χ4n) is 0.888. The van der Waals surface area contributed by atoms with E-state index in [0.717, 1.165) is 0 Å². The number of hydrogen-bond donors (Lipinski definition) is 0. The molecule has 0 aliphatic rings. The van der Waals surface area contributed by atoms with Gasteiger partial charge in [-0.25, -0.2) is 4.79 Å². The van der Waals surface area contributed by atoms with Crippen LogP contribution < -0.4 is 0 Å². The third kappa shape index (κ3) is 2.62. The van der Waals surface area contributed by atoms with Gasteiger partial charge in [0.05, 0.1) is 22.2 Å². The summed E-state index contributed by atoms with van der Waals surface area (Å²) in [5.41, 5.74) is 0.310. The maximum Gasteiger partial charge on any atom is 0.339 e. The average Bonchev–Trinajstić information content (AvgIpc) is 2.11. The molecule has 0 atom stereocenters. The largest absolute Gasteiger partial charge is 0.462 e. The standard InChI is InChI=1S/C9H7BrCl2O2/c1-2-14-9(13)5-3-6(10)8(12)4-7(5)11/h3-4H,2H2,1H3. The highest BCUT2D eigenvalue weighted by Crippen LogP contribution is 2.29. The Balaban J connectivity index is 3.09. The van der Waals surface area contributed by atoms with Gasteiger partial charge in [-0.1, -0.05) is 23.2 Å². The molecule has 0 aliphatic heterocycles. The van der Waals surface area contributed by atoms with Crippen molar-refractivity contribution in [3.05, 3.63) is 32.2 Å². The fourth-order valence-corrected chi connectivity index (χ4v) is 1.69. The zero-order valence-corrected chi connectivity index (χ0v) is 10.4. The van der Waals surface area contributed by atoms with Gasteiger partial charge in [-0.15, -0.1) is 0 Å². The molecule has 0 aromatic heterocycles. The third-order valence-electron chi connectivity index (χ3n) is 1.51. The van der Waals surface area contributed by atoms with Crippen LogP contribution in [0.4, 0.5) is 0 Å². The summed E-state index contributed by atoms with van der Waals surface area (Å²) in [4.78, 5) is 11.4. The second-order valence-corrected chi connectivity index (χ2v) is 4.14. The lowest BCUT2D eigenvalue weighted by atomic mass is 10.2. The first kappa shape index (κ1) is 11.8. The average molecular weight is 298 g/mol. The normalized spacial score (nSPS) is 10.0. The Morgan fingerprint density at radius 1 is 1.43 bits per heavy atom. The molecule has 0 bridgehead atoms. The topological polar surface area (TPSA) is 26.3 Å². The molecule has 0 N–H and O–H groups in total. The Labute approximate surface area is 100 Å². The van der Waals surface area contributed by atoms with Crippen LogP contribution in [-0.4, -0.2) is 12.6 Å². The summed E-state index contributed by atoms with van der Waals surface area (Å²) in [6.07, 6.45) is 0. The lowest BCUT2D eigenvalue weighted by Gasteiger charge is -2.05. The third-order valence-corrected chi connectivity index (χ3v) is 3.02. The van der Waals surface area contributed by atoms with E-state index in [4.69, 9.17) is 27.9 Å². The van der Waals surface area contributed by atoms with E-state index in [2.05, 4.69) is 15.9 Å². The summed E-state index contributed by atoms with van der Waals surface area (Å²) in [6.45, 7) is 2.05. The minimum Gasteiger partial charge on any atom is -0.462 e. The van der Waals surface area contributed by atoms with Crippen LogP contribution in [0.25, 0.3) is 0 Å². The van der Waals surface area contributed by atoms with Crippen LogP contribution in [0.1, 0.15) is 17.3 Å². The van der Waals surface area contributed by atoms with Crippen LogP contribution in [0.15, 0.2) is 16.6 Å². The number of esters is 1. The second-order valence-electron chi connectivity index (χ2n) is 2.47. The lowest BCUT2D eigenvalue weighted by molar-refractivity contribution is 0.0526. The minimum atomic E-state index is -0.449. The number of ether oxygens (including phenoxy) is 1. The van der Waals surface area contributed by atoms with Crippen molar-refractivity contribution in [1.29, 1.82) is 0 Å². The first-order chi connectivity index (χ1) is 6.56. The Morgan fingerprint density at radius 3 is 2.64 bits per heavy atom. The molecule has 0 radical (unpaired) electrons. The molecule has 1 aromatic carbocycles. The maximum atomic E-state index is 11.4. The Morgan fingerprint density at radius 2 is 2.07 bits per heavy atom. The molecule has 0 fully saturated rings. The highest BCUT2D eigenvalue weighted by Gasteiger charge is 2.13. The van der Waals surface area contributed by atoms with Crippen LogP contribution in [0.3, 0.4) is 0 Å². The van der Waals surface area contributed by atoms with Crippen molar-refractivity contribution in [1.82, 2.24) is 0 Å². The molecule has 76 valence electrons. The predicted molar refractivity (Wildman–Crippen MR) is 60.1 cm³/mol. The number of carbonyl (C=O) groups excluding carboxylic acids is 1. The van der Waals surface area contributed by atoms with Gasteiger partial charge in [0.15, 0.2) is 0 Å². The van der Waals surface area contributed by atoms with Gasteiger partial charge in [-0.3, -0.25) is 0 Å². The quantitative estimate of drug-likeness (QED) is 0.611. The van der Waals surface area contributed by atoms with Crippen molar-refractivity contribution >= 4 is 45.1 Å². The van der Waals surface area contributed by atoms with Gasteiger partial charge in [-0.05, 0) is 35.0 Å². The van der Waals surface area contributed by atoms with Crippen molar-refractivity contribution in [2.75, 3.05) is 6.61 Å². The van der Waals surface area contributed by atoms with E-state index in [9.17, 15) is 4.79 Å². The van der Waals surface area contributed by atoms with Crippen molar-refractivity contribution in [2.24, 2.45) is 0 Å². The van der Waals surface area contributed by atoms with Crippen LogP contribution >= 0.6 is 39.1 Å². The van der Waals surface area contributed by atoms with E-state index >= 15 is 0 Å². The minimum absolute atomic E-state index is 0.289. The van der Waals surface area contributed by atoms with Crippen molar-refractivity contribution in [3.63, 3.8) is 0 Å². The monoisotopic (exact) mass is 296 g/mol. The van der Waals surface area contributed by atoms with Gasteiger partial charge in [-0.2, -0.15) is 0 Å². The van der Waals surface area contributed by atoms with E-state index in [1.54, 1.807) is 13.0 Å². The summed E-state index contributed by atoms with van der Waals surface area (Å²) in [7, 11) is 0. The molecule has 0 spiro atoms. The zero-order valence-electron chi connectivity index (χ0n) is 7.31. The maximum absolute atomic E-state index is 11.4. The number of halogens is 3. The van der Waals surface area contributed by atoms with Gasteiger partial charge in [0.1, 0.15) is 0 Å². The van der Waals surface area contributed by atoms with Gasteiger partial charge in [0.25, 0.3) is 0 Å². The molecule has 1 rings (SSSR count). The number of hydrogen-bond acceptors (Lipinski definition) is 2. The summed E-state index contributed by atoms with van der Waals surface area (Å²) >= 11 is 14.8. The van der Waals surface area contributed by atoms with Crippen LogP contribution in [0.2, 0.25) is 10.0 Å². The molecular formula is C9H7BrCl2O2. The molecule has 0 saturated heterocycles. The van der Waals surface area contributed by atoms with Crippen molar-refractivity contribution in [2.45, 2.75) is 6.92 Å². The van der Waals surface area contributed by atoms with Crippen molar-refractivity contribution in [3.8, 4) is 0 Å². The van der Waals surface area contributed by atoms with E-state index in [1.807, 2.05) is 0 Å². The van der Waals surface area contributed by atoms with E-state index in [1.165, 1.54) is 6.07 Å². The van der Waals surface area contributed by atoms with Crippen molar-refractivity contribution < 1.29 is 9.53 Å². The first-order valence-corrected chi connectivity index (χ1v) is 5.42. The molecule has 0 heterocycles. The molecule has 0 unspecified atom stereocenters. The van der Waals surface area contributed by atoms with Gasteiger partial charge in [0, 0.05) is 4.47 Å². The molecule has 1 aromatic rings. The number of benzene rings is 1. The van der Waals surface area contributed by atoms with Gasteiger partial charge >= 0.3 is 5.97 Å². The molecule has 0 amide bonds. The van der Waals surface area contributed by atoms with Crippen LogP contribution in [0, 0.1) is 0 Å². The zero-order chi connectivity index (χ0) is 10.7. The van der Waals surface area contributed by atoms with Gasteiger partial charge in [0.2, 0.25) is 0 Å². The highest BCUT2D eigenvalue weighted by molar-refractivity contribution is 9.10. The molecule has 0 aliphatic carbocycles. The van der Waals surface area contributed by atoms with Gasteiger partial charge < -0.3 is 4.74 Å². The molecule has 14 heavy (non-hydrogen) atoms. The number of carbonyl (C=O) groups is 1. The predicted octanol–water partition coefficient (Wildman–Crippen LogP) is 3.93. The van der Waals surface area contributed by atoms with E-state index < -0.39 is 5.97 Å². The Kier molecular flexibility index (Phi) is 4.23.